The average molecular weight is 466 g/mol. The van der Waals surface area contributed by atoms with Gasteiger partial charge in [0.15, 0.2) is 0 Å². The number of aliphatic hydroxyl groups is 1. The fourth-order valence-electron chi connectivity index (χ4n) is 3.87. The second-order valence-corrected chi connectivity index (χ2v) is 9.05. The monoisotopic (exact) mass is 465 g/mol. The van der Waals surface area contributed by atoms with E-state index in [2.05, 4.69) is 32.1 Å². The van der Waals surface area contributed by atoms with E-state index in [1.165, 1.54) is 26.2 Å². The van der Waals surface area contributed by atoms with Crippen LogP contribution < -0.4 is 16.0 Å². The summed E-state index contributed by atoms with van der Waals surface area (Å²) in [6, 6.07) is 9.43. The van der Waals surface area contributed by atoms with Crippen molar-refractivity contribution >= 4 is 17.1 Å². The molecular formula is C24H28FN7O2. The lowest BCUT2D eigenvalue weighted by molar-refractivity contribution is -0.00177. The summed E-state index contributed by atoms with van der Waals surface area (Å²) in [5.41, 5.74) is 1.84. The molecule has 2 atom stereocenters. The highest BCUT2D eigenvalue weighted by Gasteiger charge is 2.27. The first kappa shape index (κ1) is 23.6. The molecule has 178 valence electrons. The first-order valence-electron chi connectivity index (χ1n) is 11.3. The lowest BCUT2D eigenvalue weighted by atomic mass is 10.0. The van der Waals surface area contributed by atoms with Crippen LogP contribution >= 0.6 is 0 Å². The number of hydrogen-bond donors (Lipinski definition) is 4. The van der Waals surface area contributed by atoms with Gasteiger partial charge in [-0.15, -0.1) is 0 Å². The summed E-state index contributed by atoms with van der Waals surface area (Å²) in [5.74, 6) is -0.478. The Labute approximate surface area is 197 Å². The molecule has 0 spiro atoms. The Balaban J connectivity index is 1.65. The number of fused-ring (bicyclic) bond motifs is 1. The van der Waals surface area contributed by atoms with Gasteiger partial charge in [0.2, 0.25) is 0 Å². The number of pyridine rings is 1. The van der Waals surface area contributed by atoms with Crippen molar-refractivity contribution in [3.05, 3.63) is 47.8 Å². The van der Waals surface area contributed by atoms with E-state index < -0.39 is 17.7 Å². The van der Waals surface area contributed by atoms with Crippen molar-refractivity contribution in [3.8, 4) is 17.5 Å². The minimum atomic E-state index is -1.61. The minimum absolute atomic E-state index is 0.126. The predicted molar refractivity (Wildman–Crippen MR) is 126 cm³/mol. The number of aromatic nitrogens is 3. The molecule has 34 heavy (non-hydrogen) atoms. The fraction of sp³-hybridized carbons (Fsp3) is 0.417. The maximum Gasteiger partial charge on any atom is 0.255 e. The topological polar surface area (TPSA) is 127 Å². The van der Waals surface area contributed by atoms with Crippen LogP contribution in [0.1, 0.15) is 42.6 Å². The van der Waals surface area contributed by atoms with Gasteiger partial charge in [0.1, 0.15) is 12.2 Å². The van der Waals surface area contributed by atoms with Crippen molar-refractivity contribution in [2.24, 2.45) is 0 Å². The molecule has 1 aliphatic heterocycles. The largest absolute Gasteiger partial charge is 0.387 e. The van der Waals surface area contributed by atoms with Crippen molar-refractivity contribution in [1.29, 1.82) is 5.26 Å². The molecule has 4 rings (SSSR count). The Hall–Kier alpha value is -3.55. The van der Waals surface area contributed by atoms with Crippen molar-refractivity contribution < 1.29 is 14.3 Å². The molecule has 0 aromatic carbocycles. The maximum atomic E-state index is 14.2. The summed E-state index contributed by atoms with van der Waals surface area (Å²) in [6.07, 6.45) is 3.30. The number of nitriles is 1. The zero-order chi connectivity index (χ0) is 24.3. The van der Waals surface area contributed by atoms with E-state index in [0.717, 1.165) is 31.4 Å². The van der Waals surface area contributed by atoms with E-state index in [4.69, 9.17) is 5.26 Å². The van der Waals surface area contributed by atoms with Gasteiger partial charge in [-0.1, -0.05) is 0 Å². The number of halogens is 1. The number of carbonyl (C=O) groups excluding carboxylic acids is 1. The van der Waals surface area contributed by atoms with Gasteiger partial charge >= 0.3 is 0 Å². The number of rotatable bonds is 7. The SMILES string of the molecule is CC(C)(O)C(F)CNC(=O)c1cnc(-c2ccc3cc(C#N)cnn23)cc1N[C@@H]1CCCNC1. The van der Waals surface area contributed by atoms with Crippen LogP contribution in [0, 0.1) is 11.3 Å². The summed E-state index contributed by atoms with van der Waals surface area (Å²) >= 11 is 0. The molecule has 1 saturated heterocycles. The quantitative estimate of drug-likeness (QED) is 0.421. The summed E-state index contributed by atoms with van der Waals surface area (Å²) in [6.45, 7) is 4.12. The van der Waals surface area contributed by atoms with Crippen LogP contribution in [0.5, 0.6) is 0 Å². The molecule has 9 nitrogen and oxygen atoms in total. The Morgan fingerprint density at radius 3 is 2.94 bits per heavy atom. The van der Waals surface area contributed by atoms with Gasteiger partial charge in [-0.3, -0.25) is 9.78 Å². The molecule has 1 aliphatic rings. The van der Waals surface area contributed by atoms with E-state index >= 15 is 0 Å². The fourth-order valence-corrected chi connectivity index (χ4v) is 3.87. The van der Waals surface area contributed by atoms with Gasteiger partial charge < -0.3 is 21.1 Å². The Bertz CT molecular complexity index is 1220. The molecule has 10 heteroatoms. The molecule has 3 aromatic rings. The van der Waals surface area contributed by atoms with Gasteiger partial charge in [0.05, 0.1) is 52.1 Å². The van der Waals surface area contributed by atoms with Gasteiger partial charge in [0.25, 0.3) is 5.91 Å². The molecule has 3 aromatic heterocycles. The Morgan fingerprint density at radius 1 is 1.41 bits per heavy atom. The summed E-state index contributed by atoms with van der Waals surface area (Å²) in [7, 11) is 0. The summed E-state index contributed by atoms with van der Waals surface area (Å²) < 4.78 is 15.9. The Morgan fingerprint density at radius 2 is 2.24 bits per heavy atom. The second-order valence-electron chi connectivity index (χ2n) is 9.05. The molecule has 1 fully saturated rings. The first-order valence-corrected chi connectivity index (χ1v) is 11.3. The smallest absolute Gasteiger partial charge is 0.255 e. The molecular weight excluding hydrogens is 437 g/mol. The normalized spacial score (nSPS) is 17.2. The third-order valence-electron chi connectivity index (χ3n) is 5.91. The van der Waals surface area contributed by atoms with Crippen molar-refractivity contribution in [2.75, 3.05) is 25.0 Å². The highest BCUT2D eigenvalue weighted by Crippen LogP contribution is 2.26. The van der Waals surface area contributed by atoms with Crippen LogP contribution in [0.2, 0.25) is 0 Å². The van der Waals surface area contributed by atoms with Crippen molar-refractivity contribution in [3.63, 3.8) is 0 Å². The van der Waals surface area contributed by atoms with E-state index in [0.29, 0.717) is 22.6 Å². The Kier molecular flexibility index (Phi) is 6.77. The van der Waals surface area contributed by atoms with Gasteiger partial charge in [-0.05, 0) is 57.5 Å². The zero-order valence-electron chi connectivity index (χ0n) is 19.2. The lowest BCUT2D eigenvalue weighted by Gasteiger charge is -2.26. The highest BCUT2D eigenvalue weighted by molar-refractivity contribution is 6.00. The zero-order valence-corrected chi connectivity index (χ0v) is 19.2. The predicted octanol–water partition coefficient (Wildman–Crippen LogP) is 2.27. The second kappa shape index (κ2) is 9.75. The number of amides is 1. The summed E-state index contributed by atoms with van der Waals surface area (Å²) in [5, 5.41) is 32.6. The van der Waals surface area contributed by atoms with Crippen LogP contribution in [0.15, 0.2) is 36.7 Å². The van der Waals surface area contributed by atoms with Crippen LogP contribution in [0.3, 0.4) is 0 Å². The lowest BCUT2D eigenvalue weighted by Crippen LogP contribution is -2.42. The maximum absolute atomic E-state index is 14.2. The highest BCUT2D eigenvalue weighted by atomic mass is 19.1. The van der Waals surface area contributed by atoms with E-state index in [1.807, 2.05) is 12.1 Å². The minimum Gasteiger partial charge on any atom is -0.387 e. The third kappa shape index (κ3) is 5.16. The number of nitrogens with one attached hydrogen (secondary N) is 3. The molecule has 4 N–H and O–H groups in total. The number of hydrogen-bond acceptors (Lipinski definition) is 7. The third-order valence-corrected chi connectivity index (χ3v) is 5.91. The summed E-state index contributed by atoms with van der Waals surface area (Å²) in [4.78, 5) is 17.4. The van der Waals surface area contributed by atoms with Gasteiger partial charge in [-0.2, -0.15) is 10.4 Å². The van der Waals surface area contributed by atoms with E-state index in [1.54, 1.807) is 16.6 Å². The van der Waals surface area contributed by atoms with Crippen LogP contribution in [-0.4, -0.2) is 63.1 Å². The number of anilines is 1. The average Bonchev–Trinajstić information content (AvgIpc) is 3.25. The molecule has 1 amide bonds. The first-order chi connectivity index (χ1) is 16.3. The van der Waals surface area contributed by atoms with Gasteiger partial charge in [0, 0.05) is 18.8 Å². The van der Waals surface area contributed by atoms with Crippen molar-refractivity contribution in [2.45, 2.75) is 44.5 Å². The number of alkyl halides is 1. The van der Waals surface area contributed by atoms with Gasteiger partial charge in [-0.25, -0.2) is 8.91 Å². The van der Waals surface area contributed by atoms with Crippen LogP contribution in [-0.2, 0) is 0 Å². The molecule has 0 bridgehead atoms. The van der Waals surface area contributed by atoms with E-state index in [-0.39, 0.29) is 18.2 Å². The number of piperidine rings is 1. The standard InChI is InChI=1S/C24H28FN7O2/c1-24(2,34)22(25)14-29-23(33)18-13-28-20(9-19(18)31-16-4-3-7-27-12-16)21-6-5-17-8-15(10-26)11-30-32(17)21/h5-6,8-9,11,13,16,22,27,34H,3-4,7,12,14H2,1-2H3,(H,28,31)(H,29,33)/t16-,22?/m1/s1. The number of nitrogens with zero attached hydrogens (tertiary/aromatic N) is 4. The number of carbonyl (C=O) groups is 1. The molecule has 0 radical (unpaired) electrons. The van der Waals surface area contributed by atoms with Crippen LogP contribution in [0.25, 0.3) is 16.9 Å². The molecule has 4 heterocycles. The van der Waals surface area contributed by atoms with E-state index in [9.17, 15) is 14.3 Å². The molecule has 0 saturated carbocycles. The van der Waals surface area contributed by atoms with Crippen LogP contribution in [0.4, 0.5) is 10.1 Å². The molecule has 1 unspecified atom stereocenters. The van der Waals surface area contributed by atoms with Crippen molar-refractivity contribution in [1.82, 2.24) is 25.2 Å². The molecule has 0 aliphatic carbocycles.